The average Bonchev–Trinajstić information content (AvgIpc) is 2.56. The minimum absolute atomic E-state index is 0.109. The van der Waals surface area contributed by atoms with Crippen molar-refractivity contribution in [3.05, 3.63) is 58.6 Å². The highest BCUT2D eigenvalue weighted by Gasteiger charge is 2.18. The SMILES string of the molecule is Nc1c(N=Nc2ccc(Cl)c(Cl)c2)cc(S(=O)(=O)O)c2ccccc12. The maximum Gasteiger partial charge on any atom is 0.295 e. The summed E-state index contributed by atoms with van der Waals surface area (Å²) in [6.07, 6.45) is 0. The fourth-order valence-electron chi connectivity index (χ4n) is 2.31. The van der Waals surface area contributed by atoms with Gasteiger partial charge in [-0.05, 0) is 24.3 Å². The molecule has 0 fully saturated rings. The molecule has 0 unspecified atom stereocenters. The van der Waals surface area contributed by atoms with E-state index >= 15 is 0 Å². The molecule has 0 saturated heterocycles. The second-order valence-corrected chi connectivity index (χ2v) is 7.33. The average molecular weight is 396 g/mol. The van der Waals surface area contributed by atoms with Gasteiger partial charge >= 0.3 is 0 Å². The van der Waals surface area contributed by atoms with E-state index in [0.717, 1.165) is 0 Å². The van der Waals surface area contributed by atoms with E-state index in [9.17, 15) is 13.0 Å². The van der Waals surface area contributed by atoms with Crippen LogP contribution in [0.4, 0.5) is 17.1 Å². The number of anilines is 1. The number of hydrogen-bond acceptors (Lipinski definition) is 5. The van der Waals surface area contributed by atoms with Gasteiger partial charge in [0.25, 0.3) is 10.1 Å². The molecule has 0 aliphatic carbocycles. The third-order valence-corrected chi connectivity index (χ3v) is 5.11. The maximum atomic E-state index is 11.7. The van der Waals surface area contributed by atoms with Crippen LogP contribution in [-0.4, -0.2) is 13.0 Å². The van der Waals surface area contributed by atoms with Gasteiger partial charge in [-0.15, -0.1) is 5.11 Å². The Hall–Kier alpha value is -2.19. The molecule has 128 valence electrons. The van der Waals surface area contributed by atoms with Crippen molar-refractivity contribution in [3.8, 4) is 0 Å². The predicted octanol–water partition coefficient (Wildman–Crippen LogP) is 5.39. The molecule has 0 bridgehead atoms. The van der Waals surface area contributed by atoms with Gasteiger partial charge in [-0.3, -0.25) is 4.55 Å². The largest absolute Gasteiger partial charge is 0.396 e. The minimum atomic E-state index is -4.46. The smallest absolute Gasteiger partial charge is 0.295 e. The van der Waals surface area contributed by atoms with Gasteiger partial charge in [0, 0.05) is 10.8 Å². The number of hydrogen-bond donors (Lipinski definition) is 2. The minimum Gasteiger partial charge on any atom is -0.396 e. The number of nitrogens with two attached hydrogens (primary N) is 1. The molecule has 0 heterocycles. The quantitative estimate of drug-likeness (QED) is 0.352. The van der Waals surface area contributed by atoms with Crippen molar-refractivity contribution in [2.24, 2.45) is 10.2 Å². The molecular formula is C16H11Cl2N3O3S. The van der Waals surface area contributed by atoms with Crippen LogP contribution in [0.1, 0.15) is 0 Å². The van der Waals surface area contributed by atoms with Crippen LogP contribution in [0.3, 0.4) is 0 Å². The van der Waals surface area contributed by atoms with Crippen LogP contribution in [0.5, 0.6) is 0 Å². The van der Waals surface area contributed by atoms with Crippen LogP contribution in [0.15, 0.2) is 63.7 Å². The summed E-state index contributed by atoms with van der Waals surface area (Å²) in [5.74, 6) is 0. The zero-order valence-electron chi connectivity index (χ0n) is 12.5. The summed E-state index contributed by atoms with van der Waals surface area (Å²) >= 11 is 11.8. The Kier molecular flexibility index (Phi) is 4.66. The van der Waals surface area contributed by atoms with E-state index in [2.05, 4.69) is 10.2 Å². The van der Waals surface area contributed by atoms with Crippen LogP contribution in [0, 0.1) is 0 Å². The van der Waals surface area contributed by atoms with E-state index in [0.29, 0.717) is 26.5 Å². The third kappa shape index (κ3) is 3.59. The Morgan fingerprint density at radius 2 is 1.60 bits per heavy atom. The first kappa shape index (κ1) is 17.6. The lowest BCUT2D eigenvalue weighted by atomic mass is 10.1. The monoisotopic (exact) mass is 395 g/mol. The molecule has 0 radical (unpaired) electrons. The molecule has 3 aromatic rings. The third-order valence-electron chi connectivity index (χ3n) is 3.48. The molecule has 25 heavy (non-hydrogen) atoms. The van der Waals surface area contributed by atoms with Gasteiger partial charge < -0.3 is 5.73 Å². The molecule has 0 amide bonds. The van der Waals surface area contributed by atoms with Crippen LogP contribution in [0.2, 0.25) is 10.0 Å². The first-order chi connectivity index (χ1) is 11.8. The lowest BCUT2D eigenvalue weighted by Gasteiger charge is -2.09. The molecule has 0 spiro atoms. The Balaban J connectivity index is 2.17. The standard InChI is InChI=1S/C16H11Cl2N3O3S/c17-12-6-5-9(7-13(12)18)20-21-14-8-15(25(22,23)24)10-3-1-2-4-11(10)16(14)19/h1-8H,19H2,(H,22,23,24). The number of halogens is 2. The van der Waals surface area contributed by atoms with Gasteiger partial charge in [-0.25, -0.2) is 0 Å². The molecule has 3 aromatic carbocycles. The van der Waals surface area contributed by atoms with Crippen LogP contribution in [-0.2, 0) is 10.1 Å². The summed E-state index contributed by atoms with van der Waals surface area (Å²) < 4.78 is 32.8. The van der Waals surface area contributed by atoms with Crippen LogP contribution >= 0.6 is 23.2 Å². The summed E-state index contributed by atoms with van der Waals surface area (Å²) in [4.78, 5) is -0.291. The van der Waals surface area contributed by atoms with E-state index < -0.39 is 10.1 Å². The Morgan fingerprint density at radius 3 is 2.24 bits per heavy atom. The van der Waals surface area contributed by atoms with E-state index in [1.54, 1.807) is 36.4 Å². The lowest BCUT2D eigenvalue weighted by Crippen LogP contribution is -2.01. The van der Waals surface area contributed by atoms with Gasteiger partial charge in [0.1, 0.15) is 10.6 Å². The van der Waals surface area contributed by atoms with Crippen molar-refractivity contribution < 1.29 is 13.0 Å². The maximum absolute atomic E-state index is 11.7. The van der Waals surface area contributed by atoms with Gasteiger partial charge in [-0.2, -0.15) is 13.5 Å². The van der Waals surface area contributed by atoms with E-state index in [1.807, 2.05) is 0 Å². The summed E-state index contributed by atoms with van der Waals surface area (Å²) in [5, 5.41) is 9.42. The zero-order chi connectivity index (χ0) is 18.2. The number of nitrogens with zero attached hydrogens (tertiary/aromatic N) is 2. The van der Waals surface area contributed by atoms with Crippen molar-refractivity contribution in [2.75, 3.05) is 5.73 Å². The topological polar surface area (TPSA) is 105 Å². The molecule has 3 rings (SSSR count). The molecule has 9 heteroatoms. The first-order valence-corrected chi connectivity index (χ1v) is 9.12. The first-order valence-electron chi connectivity index (χ1n) is 6.93. The second kappa shape index (κ2) is 6.61. The fraction of sp³-hybridized carbons (Fsp3) is 0. The van der Waals surface area contributed by atoms with Crippen molar-refractivity contribution in [1.29, 1.82) is 0 Å². The Labute approximate surface area is 153 Å². The molecule has 6 nitrogen and oxygen atoms in total. The van der Waals surface area contributed by atoms with E-state index in [1.165, 1.54) is 12.1 Å². The van der Waals surface area contributed by atoms with Crippen molar-refractivity contribution >= 4 is 61.2 Å². The molecule has 3 N–H and O–H groups in total. The summed E-state index contributed by atoms with van der Waals surface area (Å²) in [6, 6.07) is 12.4. The lowest BCUT2D eigenvalue weighted by molar-refractivity contribution is 0.484. The van der Waals surface area contributed by atoms with Crippen molar-refractivity contribution in [1.82, 2.24) is 0 Å². The van der Waals surface area contributed by atoms with Gasteiger partial charge in [0.2, 0.25) is 0 Å². The van der Waals surface area contributed by atoms with Gasteiger partial charge in [0.15, 0.2) is 0 Å². The zero-order valence-corrected chi connectivity index (χ0v) is 14.8. The molecule has 0 aromatic heterocycles. The predicted molar refractivity (Wildman–Crippen MR) is 98.8 cm³/mol. The second-order valence-electron chi connectivity index (χ2n) is 5.13. The number of benzene rings is 3. The van der Waals surface area contributed by atoms with E-state index in [4.69, 9.17) is 28.9 Å². The van der Waals surface area contributed by atoms with Crippen LogP contribution < -0.4 is 5.73 Å². The highest BCUT2D eigenvalue weighted by molar-refractivity contribution is 7.86. The number of nitrogen functional groups attached to an aromatic ring is 1. The molecule has 0 aliphatic heterocycles. The number of azo groups is 1. The fourth-order valence-corrected chi connectivity index (χ4v) is 3.31. The van der Waals surface area contributed by atoms with Crippen molar-refractivity contribution in [3.63, 3.8) is 0 Å². The molecule has 0 saturated carbocycles. The highest BCUT2D eigenvalue weighted by Crippen LogP contribution is 2.37. The highest BCUT2D eigenvalue weighted by atomic mass is 35.5. The van der Waals surface area contributed by atoms with Crippen molar-refractivity contribution in [2.45, 2.75) is 4.90 Å². The number of fused-ring (bicyclic) bond motifs is 1. The summed E-state index contributed by atoms with van der Waals surface area (Å²) in [7, 11) is -4.46. The normalized spacial score (nSPS) is 12.1. The van der Waals surface area contributed by atoms with Gasteiger partial charge in [0.05, 0.1) is 21.4 Å². The Morgan fingerprint density at radius 1 is 0.920 bits per heavy atom. The van der Waals surface area contributed by atoms with Crippen LogP contribution in [0.25, 0.3) is 10.8 Å². The summed E-state index contributed by atoms with van der Waals surface area (Å²) in [5.41, 5.74) is 6.84. The number of rotatable bonds is 3. The van der Waals surface area contributed by atoms with E-state index in [-0.39, 0.29) is 16.3 Å². The van der Waals surface area contributed by atoms with Gasteiger partial charge in [-0.1, -0.05) is 47.5 Å². The summed E-state index contributed by atoms with van der Waals surface area (Å²) in [6.45, 7) is 0. The molecule has 0 aliphatic rings. The molecule has 0 atom stereocenters. The molecular weight excluding hydrogens is 385 g/mol. The Bertz CT molecular complexity index is 1120.